The Morgan fingerprint density at radius 1 is 1.53 bits per heavy atom. The Morgan fingerprint density at radius 2 is 2.27 bits per heavy atom. The number of carbonyl (C=O) groups is 1. The SMILES string of the molecule is CNCC(C)CNC(=O)c1occc1C. The van der Waals surface area contributed by atoms with Crippen LogP contribution >= 0.6 is 0 Å². The molecule has 1 unspecified atom stereocenters. The number of hydrogen-bond acceptors (Lipinski definition) is 3. The van der Waals surface area contributed by atoms with Gasteiger partial charge in [-0.1, -0.05) is 6.92 Å². The third kappa shape index (κ3) is 3.40. The summed E-state index contributed by atoms with van der Waals surface area (Å²) < 4.78 is 5.09. The maximum Gasteiger partial charge on any atom is 0.287 e. The third-order valence-corrected chi connectivity index (χ3v) is 2.23. The Hall–Kier alpha value is -1.29. The molecule has 1 aromatic rings. The van der Waals surface area contributed by atoms with Gasteiger partial charge in [-0.25, -0.2) is 0 Å². The quantitative estimate of drug-likeness (QED) is 0.767. The third-order valence-electron chi connectivity index (χ3n) is 2.23. The van der Waals surface area contributed by atoms with E-state index in [-0.39, 0.29) is 5.91 Å². The Morgan fingerprint density at radius 3 is 2.80 bits per heavy atom. The van der Waals surface area contributed by atoms with Gasteiger partial charge < -0.3 is 15.1 Å². The predicted molar refractivity (Wildman–Crippen MR) is 58.9 cm³/mol. The van der Waals surface area contributed by atoms with Gasteiger partial charge >= 0.3 is 0 Å². The van der Waals surface area contributed by atoms with Crippen molar-refractivity contribution in [2.24, 2.45) is 5.92 Å². The van der Waals surface area contributed by atoms with E-state index in [0.717, 1.165) is 12.1 Å². The second-order valence-electron chi connectivity index (χ2n) is 3.81. The van der Waals surface area contributed by atoms with Gasteiger partial charge in [0.15, 0.2) is 5.76 Å². The minimum Gasteiger partial charge on any atom is -0.459 e. The lowest BCUT2D eigenvalue weighted by molar-refractivity contribution is 0.0919. The van der Waals surface area contributed by atoms with Crippen LogP contribution in [-0.4, -0.2) is 26.0 Å². The zero-order valence-corrected chi connectivity index (χ0v) is 9.46. The maximum absolute atomic E-state index is 11.6. The van der Waals surface area contributed by atoms with E-state index in [4.69, 9.17) is 4.42 Å². The van der Waals surface area contributed by atoms with Crippen LogP contribution in [0, 0.1) is 12.8 Å². The van der Waals surface area contributed by atoms with Crippen molar-refractivity contribution >= 4 is 5.91 Å². The summed E-state index contributed by atoms with van der Waals surface area (Å²) in [5, 5.41) is 5.90. The number of amides is 1. The topological polar surface area (TPSA) is 54.3 Å². The number of nitrogens with one attached hydrogen (secondary N) is 2. The maximum atomic E-state index is 11.6. The molecule has 1 heterocycles. The lowest BCUT2D eigenvalue weighted by Crippen LogP contribution is -2.32. The molecule has 15 heavy (non-hydrogen) atoms. The summed E-state index contributed by atoms with van der Waals surface area (Å²) in [4.78, 5) is 11.6. The van der Waals surface area contributed by atoms with Gasteiger partial charge in [0, 0.05) is 12.1 Å². The number of aryl methyl sites for hydroxylation is 1. The zero-order valence-electron chi connectivity index (χ0n) is 9.46. The highest BCUT2D eigenvalue weighted by atomic mass is 16.3. The number of carbonyl (C=O) groups excluding carboxylic acids is 1. The summed E-state index contributed by atoms with van der Waals surface area (Å²) in [6, 6.07) is 1.78. The average Bonchev–Trinajstić information content (AvgIpc) is 2.61. The van der Waals surface area contributed by atoms with Crippen LogP contribution in [-0.2, 0) is 0 Å². The Labute approximate surface area is 90.0 Å². The van der Waals surface area contributed by atoms with E-state index in [1.54, 1.807) is 6.07 Å². The first-order valence-corrected chi connectivity index (χ1v) is 5.12. The van der Waals surface area contributed by atoms with Crippen LogP contribution in [0.4, 0.5) is 0 Å². The molecule has 1 atom stereocenters. The van der Waals surface area contributed by atoms with Crippen LogP contribution in [0.3, 0.4) is 0 Å². The van der Waals surface area contributed by atoms with Crippen LogP contribution in [0.15, 0.2) is 16.7 Å². The molecule has 0 fully saturated rings. The first kappa shape index (κ1) is 11.8. The van der Waals surface area contributed by atoms with E-state index in [1.165, 1.54) is 6.26 Å². The normalized spacial score (nSPS) is 12.5. The molecule has 0 aliphatic carbocycles. The number of furan rings is 1. The average molecular weight is 210 g/mol. The molecule has 0 aliphatic rings. The van der Waals surface area contributed by atoms with Crippen LogP contribution in [0.1, 0.15) is 23.0 Å². The van der Waals surface area contributed by atoms with Gasteiger partial charge in [0.2, 0.25) is 0 Å². The molecule has 84 valence electrons. The Kier molecular flexibility index (Phi) is 4.37. The summed E-state index contributed by atoms with van der Waals surface area (Å²) in [5.41, 5.74) is 0.869. The summed E-state index contributed by atoms with van der Waals surface area (Å²) in [7, 11) is 1.90. The van der Waals surface area contributed by atoms with Crippen molar-refractivity contribution in [1.82, 2.24) is 10.6 Å². The number of rotatable bonds is 5. The van der Waals surface area contributed by atoms with Crippen LogP contribution in [0.5, 0.6) is 0 Å². The molecule has 0 aliphatic heterocycles. The van der Waals surface area contributed by atoms with Gasteiger partial charge in [-0.15, -0.1) is 0 Å². The molecule has 0 radical (unpaired) electrons. The van der Waals surface area contributed by atoms with Crippen LogP contribution in [0.25, 0.3) is 0 Å². The smallest absolute Gasteiger partial charge is 0.287 e. The van der Waals surface area contributed by atoms with Gasteiger partial charge in [-0.05, 0) is 32.5 Å². The Bertz CT molecular complexity index is 320. The van der Waals surface area contributed by atoms with Crippen molar-refractivity contribution in [1.29, 1.82) is 0 Å². The fourth-order valence-corrected chi connectivity index (χ4v) is 1.37. The van der Waals surface area contributed by atoms with E-state index >= 15 is 0 Å². The zero-order chi connectivity index (χ0) is 11.3. The van der Waals surface area contributed by atoms with Crippen LogP contribution in [0.2, 0.25) is 0 Å². The van der Waals surface area contributed by atoms with Gasteiger partial charge in [0.05, 0.1) is 6.26 Å². The summed E-state index contributed by atoms with van der Waals surface area (Å²) in [5.74, 6) is 0.682. The lowest BCUT2D eigenvalue weighted by atomic mass is 10.2. The van der Waals surface area contributed by atoms with Crippen molar-refractivity contribution < 1.29 is 9.21 Å². The fourth-order valence-electron chi connectivity index (χ4n) is 1.37. The van der Waals surface area contributed by atoms with Gasteiger partial charge in [-0.3, -0.25) is 4.79 Å². The largest absolute Gasteiger partial charge is 0.459 e. The second kappa shape index (κ2) is 5.56. The molecule has 1 rings (SSSR count). The molecule has 4 nitrogen and oxygen atoms in total. The predicted octanol–water partition coefficient (Wildman–Crippen LogP) is 1.17. The van der Waals surface area contributed by atoms with Gasteiger partial charge in [-0.2, -0.15) is 0 Å². The summed E-state index contributed by atoms with van der Waals surface area (Å²) in [6.45, 7) is 5.47. The lowest BCUT2D eigenvalue weighted by Gasteiger charge is -2.11. The monoisotopic (exact) mass is 210 g/mol. The second-order valence-corrected chi connectivity index (χ2v) is 3.81. The molecule has 1 amide bonds. The van der Waals surface area contributed by atoms with Crippen molar-refractivity contribution in [3.8, 4) is 0 Å². The van der Waals surface area contributed by atoms with Crippen molar-refractivity contribution in [3.05, 3.63) is 23.7 Å². The minimum absolute atomic E-state index is 0.138. The standard InChI is InChI=1S/C11H18N2O2/c1-8(6-12-3)7-13-11(14)10-9(2)4-5-15-10/h4-5,8,12H,6-7H2,1-3H3,(H,13,14). The first-order valence-electron chi connectivity index (χ1n) is 5.12. The highest BCUT2D eigenvalue weighted by Gasteiger charge is 2.12. The molecule has 0 saturated heterocycles. The van der Waals surface area contributed by atoms with E-state index in [9.17, 15) is 4.79 Å². The van der Waals surface area contributed by atoms with Crippen molar-refractivity contribution in [3.63, 3.8) is 0 Å². The molecule has 2 N–H and O–H groups in total. The van der Waals surface area contributed by atoms with Gasteiger partial charge in [0.1, 0.15) is 0 Å². The molecule has 0 spiro atoms. The fraction of sp³-hybridized carbons (Fsp3) is 0.545. The minimum atomic E-state index is -0.138. The summed E-state index contributed by atoms with van der Waals surface area (Å²) in [6.07, 6.45) is 1.53. The van der Waals surface area contributed by atoms with E-state index in [1.807, 2.05) is 14.0 Å². The van der Waals surface area contributed by atoms with E-state index in [2.05, 4.69) is 17.6 Å². The van der Waals surface area contributed by atoms with E-state index in [0.29, 0.717) is 18.2 Å². The first-order chi connectivity index (χ1) is 7.15. The molecular weight excluding hydrogens is 192 g/mol. The summed E-state index contributed by atoms with van der Waals surface area (Å²) >= 11 is 0. The molecule has 0 bridgehead atoms. The molecule has 0 aromatic carbocycles. The molecular formula is C11H18N2O2. The van der Waals surface area contributed by atoms with Crippen LogP contribution < -0.4 is 10.6 Å². The highest BCUT2D eigenvalue weighted by Crippen LogP contribution is 2.08. The number of hydrogen-bond donors (Lipinski definition) is 2. The highest BCUT2D eigenvalue weighted by molar-refractivity contribution is 5.92. The van der Waals surface area contributed by atoms with Gasteiger partial charge in [0.25, 0.3) is 5.91 Å². The van der Waals surface area contributed by atoms with Crippen molar-refractivity contribution in [2.45, 2.75) is 13.8 Å². The molecule has 4 heteroatoms. The molecule has 1 aromatic heterocycles. The van der Waals surface area contributed by atoms with E-state index < -0.39 is 0 Å². The Balaban J connectivity index is 2.40. The molecule has 0 saturated carbocycles. The van der Waals surface area contributed by atoms with Crippen molar-refractivity contribution in [2.75, 3.05) is 20.1 Å².